The summed E-state index contributed by atoms with van der Waals surface area (Å²) in [5, 5.41) is 0. The highest BCUT2D eigenvalue weighted by Gasteiger charge is 2.72. The van der Waals surface area contributed by atoms with E-state index in [1.165, 1.54) is 13.8 Å². The molecule has 0 unspecified atom stereocenters. The molecule has 5 rings (SSSR count). The van der Waals surface area contributed by atoms with Gasteiger partial charge in [0.05, 0.1) is 5.41 Å². The Morgan fingerprint density at radius 1 is 1.12 bits per heavy atom. The summed E-state index contributed by atoms with van der Waals surface area (Å²) in [5.74, 6) is 0.591. The Labute approximate surface area is 193 Å². The first-order valence-corrected chi connectivity index (χ1v) is 12.0. The molecule has 0 bridgehead atoms. The minimum Gasteiger partial charge on any atom is -0.458 e. The molecule has 1 aliphatic heterocycles. The van der Waals surface area contributed by atoms with Gasteiger partial charge >= 0.3 is 11.9 Å². The van der Waals surface area contributed by atoms with E-state index in [1.807, 2.05) is 6.92 Å². The fraction of sp³-hybridized carbons (Fsp3) is 0.692. The average molecular weight is 457 g/mol. The third-order valence-electron chi connectivity index (χ3n) is 9.63. The zero-order chi connectivity index (χ0) is 23.9. The highest BCUT2D eigenvalue weighted by atomic mass is 16.6. The second-order valence-electron chi connectivity index (χ2n) is 11.0. The molecule has 5 aliphatic rings. The Kier molecular flexibility index (Phi) is 4.76. The number of fused-ring (bicyclic) bond motifs is 6. The van der Waals surface area contributed by atoms with Crippen molar-refractivity contribution in [3.05, 3.63) is 23.2 Å². The van der Waals surface area contributed by atoms with E-state index < -0.39 is 23.0 Å². The molecule has 178 valence electrons. The standard InChI is InChI=1S/C26H32O7/c1-13-10-19-17-7-6-16-11-20(29)22-23(32-22)25(16,5)18(17)8-9-24(19,4)26(13,33-15(3)28)21(30)12-31-14(2)27/h11,13,17-19H,6-10,12H2,1-5H3/t13-,17-,18+,19+,24+,25+,26+/m1/s1. The molecule has 3 saturated carbocycles. The van der Waals surface area contributed by atoms with Gasteiger partial charge in [-0.3, -0.25) is 19.2 Å². The molecule has 0 aromatic rings. The van der Waals surface area contributed by atoms with Gasteiger partial charge in [0.1, 0.15) is 0 Å². The Morgan fingerprint density at radius 3 is 2.52 bits per heavy atom. The smallest absolute Gasteiger partial charge is 0.303 e. The molecular weight excluding hydrogens is 424 g/mol. The maximum absolute atomic E-state index is 13.6. The molecule has 0 aromatic carbocycles. The van der Waals surface area contributed by atoms with Crippen LogP contribution in [-0.2, 0) is 33.4 Å². The van der Waals surface area contributed by atoms with Crippen LogP contribution >= 0.6 is 0 Å². The van der Waals surface area contributed by atoms with Crippen LogP contribution in [0.15, 0.2) is 23.2 Å². The summed E-state index contributed by atoms with van der Waals surface area (Å²) in [4.78, 5) is 49.5. The van der Waals surface area contributed by atoms with E-state index in [0.29, 0.717) is 24.0 Å². The number of carbonyl (C=O) groups is 4. The first-order chi connectivity index (χ1) is 15.5. The molecule has 7 atom stereocenters. The molecule has 0 amide bonds. The van der Waals surface area contributed by atoms with Crippen molar-refractivity contribution in [2.45, 2.75) is 72.3 Å². The first kappa shape index (κ1) is 22.4. The lowest BCUT2D eigenvalue weighted by Crippen LogP contribution is -2.61. The van der Waals surface area contributed by atoms with Gasteiger partial charge in [0.2, 0.25) is 17.3 Å². The van der Waals surface area contributed by atoms with Crippen molar-refractivity contribution in [1.29, 1.82) is 0 Å². The first-order valence-electron chi connectivity index (χ1n) is 12.0. The summed E-state index contributed by atoms with van der Waals surface area (Å²) in [6.07, 6.45) is 5.85. The van der Waals surface area contributed by atoms with E-state index in [9.17, 15) is 19.2 Å². The Balaban J connectivity index is 1.53. The molecule has 3 fully saturated rings. The number of ketones is 2. The minimum absolute atomic E-state index is 0.0176. The maximum Gasteiger partial charge on any atom is 0.303 e. The van der Waals surface area contributed by atoms with Gasteiger partial charge in [0.25, 0.3) is 0 Å². The van der Waals surface area contributed by atoms with Crippen LogP contribution in [0.5, 0.6) is 0 Å². The number of hydrogen-bond acceptors (Lipinski definition) is 7. The van der Waals surface area contributed by atoms with E-state index in [4.69, 9.17) is 14.2 Å². The zero-order valence-electron chi connectivity index (χ0n) is 20.0. The summed E-state index contributed by atoms with van der Waals surface area (Å²) in [6, 6.07) is 0. The van der Waals surface area contributed by atoms with Crippen molar-refractivity contribution in [3.8, 4) is 0 Å². The number of ether oxygens (including phenoxy) is 3. The summed E-state index contributed by atoms with van der Waals surface area (Å²) < 4.78 is 16.8. The molecule has 4 aliphatic carbocycles. The molecule has 0 spiro atoms. The lowest BCUT2D eigenvalue weighted by Gasteiger charge is -2.57. The van der Waals surface area contributed by atoms with E-state index in [1.54, 1.807) is 6.08 Å². The molecule has 7 heteroatoms. The van der Waals surface area contributed by atoms with Crippen LogP contribution in [0.1, 0.15) is 66.7 Å². The number of allylic oxidation sites excluding steroid dienone is 2. The van der Waals surface area contributed by atoms with Crippen molar-refractivity contribution < 1.29 is 33.4 Å². The van der Waals surface area contributed by atoms with Gasteiger partial charge in [0, 0.05) is 25.2 Å². The van der Waals surface area contributed by atoms with Gasteiger partial charge in [-0.2, -0.15) is 0 Å². The van der Waals surface area contributed by atoms with Gasteiger partial charge in [-0.1, -0.05) is 19.4 Å². The average Bonchev–Trinajstić information content (AvgIpc) is 3.52. The van der Waals surface area contributed by atoms with E-state index in [0.717, 1.165) is 37.0 Å². The Hall–Kier alpha value is -2.44. The highest BCUT2D eigenvalue weighted by Crippen LogP contribution is 2.71. The normalized spacial score (nSPS) is 42.7. The molecule has 1 heterocycles. The van der Waals surface area contributed by atoms with Crippen LogP contribution in [0.2, 0.25) is 0 Å². The van der Waals surface area contributed by atoms with E-state index in [-0.39, 0.29) is 35.4 Å². The number of carbonyl (C=O) groups excluding carboxylic acids is 4. The van der Waals surface area contributed by atoms with Crippen molar-refractivity contribution >= 4 is 23.5 Å². The number of esters is 2. The summed E-state index contributed by atoms with van der Waals surface area (Å²) >= 11 is 0. The van der Waals surface area contributed by atoms with E-state index >= 15 is 0 Å². The molecule has 0 saturated heterocycles. The maximum atomic E-state index is 13.6. The fourth-order valence-electron chi connectivity index (χ4n) is 8.26. The van der Waals surface area contributed by atoms with Crippen molar-refractivity contribution in [1.82, 2.24) is 0 Å². The van der Waals surface area contributed by atoms with Gasteiger partial charge in [0.15, 0.2) is 18.0 Å². The molecule has 0 aromatic heterocycles. The number of hydrogen-bond donors (Lipinski definition) is 0. The third kappa shape index (κ3) is 2.80. The van der Waals surface area contributed by atoms with Gasteiger partial charge in [-0.15, -0.1) is 0 Å². The van der Waals surface area contributed by atoms with E-state index in [2.05, 4.69) is 13.8 Å². The fourth-order valence-corrected chi connectivity index (χ4v) is 8.26. The minimum atomic E-state index is -1.32. The van der Waals surface area contributed by atoms with Crippen LogP contribution in [0.3, 0.4) is 0 Å². The lowest BCUT2D eigenvalue weighted by atomic mass is 9.47. The monoisotopic (exact) mass is 456 g/mol. The predicted octanol–water partition coefficient (Wildman–Crippen LogP) is 3.66. The van der Waals surface area contributed by atoms with Crippen LogP contribution in [0.4, 0.5) is 0 Å². The van der Waals surface area contributed by atoms with Crippen molar-refractivity contribution in [3.63, 3.8) is 0 Å². The second-order valence-corrected chi connectivity index (χ2v) is 11.0. The molecule has 0 N–H and O–H groups in total. The molecule has 7 nitrogen and oxygen atoms in total. The quantitative estimate of drug-likeness (QED) is 0.595. The largest absolute Gasteiger partial charge is 0.458 e. The van der Waals surface area contributed by atoms with Crippen LogP contribution in [0, 0.1) is 34.5 Å². The van der Waals surface area contributed by atoms with Crippen LogP contribution in [-0.4, -0.2) is 35.7 Å². The van der Waals surface area contributed by atoms with Gasteiger partial charge in [-0.05, 0) is 62.9 Å². The molecule has 33 heavy (non-hydrogen) atoms. The molecule has 0 radical (unpaired) electrons. The predicted molar refractivity (Wildman–Crippen MR) is 116 cm³/mol. The van der Waals surface area contributed by atoms with Crippen molar-refractivity contribution in [2.75, 3.05) is 6.61 Å². The van der Waals surface area contributed by atoms with Crippen LogP contribution in [0.25, 0.3) is 0 Å². The SMILES string of the molecule is CC(=O)OCC(=O)[C@@]1(OC(C)=O)[C@H](C)C[C@H]2[C@@H]3CCC4=CC(=O)C5=C(O5)[C@]4(C)[C@H]3CC[C@@]21C. The Bertz CT molecular complexity index is 1040. The topological polar surface area (TPSA) is 99.3 Å². The van der Waals surface area contributed by atoms with Gasteiger partial charge < -0.3 is 14.2 Å². The zero-order valence-corrected chi connectivity index (χ0v) is 20.0. The lowest BCUT2D eigenvalue weighted by molar-refractivity contribution is -0.195. The number of Topliss-reactive ketones (excluding diaryl/α,β-unsaturated/α-hetero) is 1. The summed E-state index contributed by atoms with van der Waals surface area (Å²) in [7, 11) is 0. The number of rotatable bonds is 4. The Morgan fingerprint density at radius 2 is 1.85 bits per heavy atom. The highest BCUT2D eigenvalue weighted by molar-refractivity contribution is 6.07. The third-order valence-corrected chi connectivity index (χ3v) is 9.63. The second kappa shape index (κ2) is 7.03. The summed E-state index contributed by atoms with van der Waals surface area (Å²) in [5.41, 5.74) is -0.980. The van der Waals surface area contributed by atoms with Crippen molar-refractivity contribution in [2.24, 2.45) is 34.5 Å². The van der Waals surface area contributed by atoms with Gasteiger partial charge in [-0.25, -0.2) is 0 Å². The van der Waals surface area contributed by atoms with Crippen LogP contribution < -0.4 is 0 Å². The summed E-state index contributed by atoms with van der Waals surface area (Å²) in [6.45, 7) is 8.49. The molecular formula is C26H32O7.